The van der Waals surface area contributed by atoms with Gasteiger partial charge in [0.1, 0.15) is 0 Å². The maximum atomic E-state index is 11.3. The standard InChI is InChI=1S/C15H22N2O/c1-12(2)14-6-4-5-7-15(14)17-10-8-16(9-11-17)13(3)18/h4-7,12H,8-11H2,1-3H3. The van der Waals surface area contributed by atoms with E-state index in [0.717, 1.165) is 26.2 Å². The predicted octanol–water partition coefficient (Wildman–Crippen LogP) is 2.48. The van der Waals surface area contributed by atoms with Crippen molar-refractivity contribution in [3.63, 3.8) is 0 Å². The van der Waals surface area contributed by atoms with Crippen molar-refractivity contribution in [1.82, 2.24) is 4.90 Å². The van der Waals surface area contributed by atoms with Crippen LogP contribution in [0.1, 0.15) is 32.3 Å². The maximum absolute atomic E-state index is 11.3. The molecule has 2 rings (SSSR count). The molecule has 3 nitrogen and oxygen atoms in total. The number of rotatable bonds is 2. The van der Waals surface area contributed by atoms with Crippen LogP contribution in [-0.4, -0.2) is 37.0 Å². The predicted molar refractivity (Wildman–Crippen MR) is 75.0 cm³/mol. The number of anilines is 1. The summed E-state index contributed by atoms with van der Waals surface area (Å²) >= 11 is 0. The first-order chi connectivity index (χ1) is 8.59. The molecule has 1 amide bonds. The molecule has 1 aliphatic rings. The number of carbonyl (C=O) groups is 1. The van der Waals surface area contributed by atoms with Gasteiger partial charge in [-0.2, -0.15) is 0 Å². The van der Waals surface area contributed by atoms with E-state index in [4.69, 9.17) is 0 Å². The summed E-state index contributed by atoms with van der Waals surface area (Å²) in [5.74, 6) is 0.721. The van der Waals surface area contributed by atoms with Gasteiger partial charge in [-0.15, -0.1) is 0 Å². The van der Waals surface area contributed by atoms with Crippen LogP contribution in [0.3, 0.4) is 0 Å². The van der Waals surface area contributed by atoms with Gasteiger partial charge in [0.15, 0.2) is 0 Å². The Morgan fingerprint density at radius 2 is 1.72 bits per heavy atom. The first kappa shape index (κ1) is 12.9. The first-order valence-corrected chi connectivity index (χ1v) is 6.69. The van der Waals surface area contributed by atoms with Gasteiger partial charge in [-0.25, -0.2) is 0 Å². The van der Waals surface area contributed by atoms with Crippen molar-refractivity contribution < 1.29 is 4.79 Å². The molecule has 0 aromatic heterocycles. The molecule has 1 aromatic carbocycles. The van der Waals surface area contributed by atoms with E-state index in [0.29, 0.717) is 5.92 Å². The van der Waals surface area contributed by atoms with Crippen molar-refractivity contribution in [3.8, 4) is 0 Å². The van der Waals surface area contributed by atoms with Crippen LogP contribution in [0.4, 0.5) is 5.69 Å². The van der Waals surface area contributed by atoms with Crippen molar-refractivity contribution in [3.05, 3.63) is 29.8 Å². The fourth-order valence-electron chi connectivity index (χ4n) is 2.53. The monoisotopic (exact) mass is 246 g/mol. The van der Waals surface area contributed by atoms with Gasteiger partial charge >= 0.3 is 0 Å². The number of benzene rings is 1. The van der Waals surface area contributed by atoms with E-state index >= 15 is 0 Å². The topological polar surface area (TPSA) is 23.6 Å². The van der Waals surface area contributed by atoms with E-state index in [2.05, 4.69) is 43.0 Å². The molecule has 0 N–H and O–H groups in total. The molecule has 98 valence electrons. The van der Waals surface area contributed by atoms with E-state index < -0.39 is 0 Å². The van der Waals surface area contributed by atoms with Gasteiger partial charge in [0.2, 0.25) is 5.91 Å². The third-order valence-corrected chi connectivity index (χ3v) is 3.62. The minimum absolute atomic E-state index is 0.187. The van der Waals surface area contributed by atoms with E-state index in [9.17, 15) is 4.79 Å². The summed E-state index contributed by atoms with van der Waals surface area (Å²) in [6.07, 6.45) is 0. The normalized spacial score (nSPS) is 16.2. The lowest BCUT2D eigenvalue weighted by atomic mass is 10.00. The highest BCUT2D eigenvalue weighted by atomic mass is 16.2. The molecule has 3 heteroatoms. The highest BCUT2D eigenvalue weighted by molar-refractivity contribution is 5.73. The largest absolute Gasteiger partial charge is 0.368 e. The molecule has 1 fully saturated rings. The molecule has 0 aliphatic carbocycles. The quantitative estimate of drug-likeness (QED) is 0.800. The van der Waals surface area contributed by atoms with Crippen LogP contribution in [-0.2, 0) is 4.79 Å². The Kier molecular flexibility index (Phi) is 3.90. The van der Waals surface area contributed by atoms with Gasteiger partial charge in [-0.1, -0.05) is 32.0 Å². The third kappa shape index (κ3) is 2.66. The number of nitrogens with zero attached hydrogens (tertiary/aromatic N) is 2. The van der Waals surface area contributed by atoms with Gasteiger partial charge in [0.05, 0.1) is 0 Å². The highest BCUT2D eigenvalue weighted by Crippen LogP contribution is 2.27. The maximum Gasteiger partial charge on any atom is 0.219 e. The minimum Gasteiger partial charge on any atom is -0.368 e. The van der Waals surface area contributed by atoms with Crippen LogP contribution in [0, 0.1) is 0 Å². The lowest BCUT2D eigenvalue weighted by Crippen LogP contribution is -2.48. The average molecular weight is 246 g/mol. The Hall–Kier alpha value is -1.51. The number of para-hydroxylation sites is 1. The molecule has 0 bridgehead atoms. The summed E-state index contributed by atoms with van der Waals surface area (Å²) in [6, 6.07) is 8.60. The Morgan fingerprint density at radius 3 is 2.28 bits per heavy atom. The number of hydrogen-bond acceptors (Lipinski definition) is 2. The number of amides is 1. The molecule has 0 spiro atoms. The Bertz CT molecular complexity index is 420. The van der Waals surface area contributed by atoms with Gasteiger partial charge in [-0.3, -0.25) is 4.79 Å². The zero-order chi connectivity index (χ0) is 13.1. The summed E-state index contributed by atoms with van der Waals surface area (Å²) in [5, 5.41) is 0. The first-order valence-electron chi connectivity index (χ1n) is 6.69. The molecule has 0 atom stereocenters. The van der Waals surface area contributed by atoms with Crippen LogP contribution in [0.2, 0.25) is 0 Å². The number of carbonyl (C=O) groups excluding carboxylic acids is 1. The zero-order valence-electron chi connectivity index (χ0n) is 11.5. The number of hydrogen-bond donors (Lipinski definition) is 0. The van der Waals surface area contributed by atoms with Gasteiger partial charge in [0.25, 0.3) is 0 Å². The summed E-state index contributed by atoms with van der Waals surface area (Å²) in [4.78, 5) is 15.6. The van der Waals surface area contributed by atoms with E-state index in [1.165, 1.54) is 11.3 Å². The SMILES string of the molecule is CC(=O)N1CCN(c2ccccc2C(C)C)CC1. The molecule has 18 heavy (non-hydrogen) atoms. The highest BCUT2D eigenvalue weighted by Gasteiger charge is 2.20. The van der Waals surface area contributed by atoms with E-state index in [-0.39, 0.29) is 5.91 Å². The molecule has 1 aliphatic heterocycles. The van der Waals surface area contributed by atoms with Crippen LogP contribution in [0.5, 0.6) is 0 Å². The fraction of sp³-hybridized carbons (Fsp3) is 0.533. The summed E-state index contributed by atoms with van der Waals surface area (Å²) in [5.41, 5.74) is 2.73. The summed E-state index contributed by atoms with van der Waals surface area (Å²) in [6.45, 7) is 9.64. The van der Waals surface area contributed by atoms with Gasteiger partial charge in [0, 0.05) is 38.8 Å². The lowest BCUT2D eigenvalue weighted by Gasteiger charge is -2.37. The van der Waals surface area contributed by atoms with E-state index in [1.54, 1.807) is 6.92 Å². The van der Waals surface area contributed by atoms with Crippen molar-refractivity contribution in [2.45, 2.75) is 26.7 Å². The fourth-order valence-corrected chi connectivity index (χ4v) is 2.53. The van der Waals surface area contributed by atoms with Crippen LogP contribution >= 0.6 is 0 Å². The zero-order valence-corrected chi connectivity index (χ0v) is 11.5. The second-order valence-electron chi connectivity index (χ2n) is 5.21. The average Bonchev–Trinajstić information content (AvgIpc) is 2.39. The minimum atomic E-state index is 0.187. The molecule has 0 saturated carbocycles. The smallest absolute Gasteiger partial charge is 0.219 e. The molecule has 1 saturated heterocycles. The third-order valence-electron chi connectivity index (χ3n) is 3.62. The second kappa shape index (κ2) is 5.42. The molecule has 0 unspecified atom stereocenters. The molecule has 0 radical (unpaired) electrons. The summed E-state index contributed by atoms with van der Waals surface area (Å²) in [7, 11) is 0. The Balaban J connectivity index is 2.12. The molecular weight excluding hydrogens is 224 g/mol. The van der Waals surface area contributed by atoms with Gasteiger partial charge in [-0.05, 0) is 17.5 Å². The van der Waals surface area contributed by atoms with Crippen LogP contribution in [0.15, 0.2) is 24.3 Å². The van der Waals surface area contributed by atoms with E-state index in [1.807, 2.05) is 4.90 Å². The Labute approximate surface area is 109 Å². The lowest BCUT2D eigenvalue weighted by molar-refractivity contribution is -0.129. The van der Waals surface area contributed by atoms with Crippen molar-refractivity contribution in [1.29, 1.82) is 0 Å². The van der Waals surface area contributed by atoms with Crippen LogP contribution < -0.4 is 4.90 Å². The van der Waals surface area contributed by atoms with Crippen LogP contribution in [0.25, 0.3) is 0 Å². The van der Waals surface area contributed by atoms with Crippen molar-refractivity contribution in [2.75, 3.05) is 31.1 Å². The Morgan fingerprint density at radius 1 is 1.11 bits per heavy atom. The summed E-state index contributed by atoms with van der Waals surface area (Å²) < 4.78 is 0. The molecular formula is C15H22N2O. The number of piperazine rings is 1. The second-order valence-corrected chi connectivity index (χ2v) is 5.21. The van der Waals surface area contributed by atoms with Gasteiger partial charge < -0.3 is 9.80 Å². The van der Waals surface area contributed by atoms with Crippen molar-refractivity contribution in [2.24, 2.45) is 0 Å². The van der Waals surface area contributed by atoms with Crippen molar-refractivity contribution >= 4 is 11.6 Å². The molecule has 1 aromatic rings. The molecule has 1 heterocycles.